The predicted octanol–water partition coefficient (Wildman–Crippen LogP) is 3.07. The van der Waals surface area contributed by atoms with Gasteiger partial charge >= 0.3 is 0 Å². The van der Waals surface area contributed by atoms with Gasteiger partial charge in [0.2, 0.25) is 0 Å². The molecule has 0 atom stereocenters. The van der Waals surface area contributed by atoms with E-state index in [1.54, 1.807) is 12.3 Å². The summed E-state index contributed by atoms with van der Waals surface area (Å²) in [6.07, 6.45) is 5.50. The molecule has 0 bridgehead atoms. The quantitative estimate of drug-likeness (QED) is 0.810. The van der Waals surface area contributed by atoms with E-state index in [0.29, 0.717) is 12.1 Å². The maximum atomic E-state index is 14.0. The van der Waals surface area contributed by atoms with Crippen molar-refractivity contribution in [1.29, 1.82) is 0 Å². The lowest BCUT2D eigenvalue weighted by Gasteiger charge is -2.14. The van der Waals surface area contributed by atoms with Crippen molar-refractivity contribution < 1.29 is 4.39 Å². The highest BCUT2D eigenvalue weighted by molar-refractivity contribution is 5.43. The smallest absolute Gasteiger partial charge is 0.129 e. The highest BCUT2D eigenvalue weighted by Gasteiger charge is 2.11. The Morgan fingerprint density at radius 2 is 2.16 bits per heavy atom. The molecular weight excluding hydrogens is 241 g/mol. The highest BCUT2D eigenvalue weighted by atomic mass is 19.1. The Bertz CT molecular complexity index is 534. The van der Waals surface area contributed by atoms with Gasteiger partial charge in [-0.05, 0) is 25.1 Å². The average Bonchev–Trinajstić information content (AvgIpc) is 2.89. The molecule has 19 heavy (non-hydrogen) atoms. The average molecular weight is 261 g/mol. The van der Waals surface area contributed by atoms with Gasteiger partial charge in [0.15, 0.2) is 0 Å². The molecule has 0 spiro atoms. The van der Waals surface area contributed by atoms with E-state index in [2.05, 4.69) is 17.2 Å². The number of benzene rings is 1. The first-order chi connectivity index (χ1) is 9.27. The lowest BCUT2D eigenvalue weighted by Crippen LogP contribution is -2.17. The first-order valence-electron chi connectivity index (χ1n) is 6.78. The van der Waals surface area contributed by atoms with Gasteiger partial charge in [-0.1, -0.05) is 19.9 Å². The van der Waals surface area contributed by atoms with Crippen LogP contribution in [0.1, 0.15) is 31.7 Å². The Labute approximate surface area is 113 Å². The molecule has 0 amide bonds. The molecule has 2 aromatic rings. The van der Waals surface area contributed by atoms with E-state index < -0.39 is 0 Å². The molecule has 4 heteroatoms. The predicted molar refractivity (Wildman–Crippen MR) is 74.9 cm³/mol. The third-order valence-electron chi connectivity index (χ3n) is 3.12. The minimum atomic E-state index is -0.170. The zero-order valence-electron chi connectivity index (χ0n) is 11.5. The molecule has 0 aliphatic carbocycles. The summed E-state index contributed by atoms with van der Waals surface area (Å²) in [5.41, 5.74) is 1.57. The van der Waals surface area contributed by atoms with E-state index in [0.717, 1.165) is 30.9 Å². The van der Waals surface area contributed by atoms with Gasteiger partial charge in [-0.25, -0.2) is 9.37 Å². The number of hydrogen-bond donors (Lipinski definition) is 1. The van der Waals surface area contributed by atoms with E-state index in [1.165, 1.54) is 6.07 Å². The summed E-state index contributed by atoms with van der Waals surface area (Å²) in [5.74, 6) is 0.777. The summed E-state index contributed by atoms with van der Waals surface area (Å²) in [4.78, 5) is 4.30. The summed E-state index contributed by atoms with van der Waals surface area (Å²) in [7, 11) is 0. The van der Waals surface area contributed by atoms with Gasteiger partial charge in [0.05, 0.1) is 5.69 Å². The first kappa shape index (κ1) is 13.7. The summed E-state index contributed by atoms with van der Waals surface area (Å²) in [6.45, 7) is 5.57. The molecule has 0 radical (unpaired) electrons. The number of halogens is 1. The van der Waals surface area contributed by atoms with E-state index in [-0.39, 0.29) is 5.82 Å². The van der Waals surface area contributed by atoms with Crippen LogP contribution in [0.15, 0.2) is 30.6 Å². The first-order valence-corrected chi connectivity index (χ1v) is 6.78. The van der Waals surface area contributed by atoms with E-state index in [1.807, 2.05) is 23.8 Å². The van der Waals surface area contributed by atoms with Crippen molar-refractivity contribution in [2.75, 3.05) is 6.54 Å². The molecule has 1 heterocycles. The SMILES string of the molecule is CCCNCc1c(F)cccc1-n1ccnc1CC. The van der Waals surface area contributed by atoms with Crippen molar-refractivity contribution in [3.8, 4) is 5.69 Å². The number of rotatable bonds is 6. The van der Waals surface area contributed by atoms with Gasteiger partial charge in [-0.2, -0.15) is 0 Å². The fourth-order valence-corrected chi connectivity index (χ4v) is 2.15. The molecule has 102 valence electrons. The van der Waals surface area contributed by atoms with Crippen LogP contribution in [0.2, 0.25) is 0 Å². The van der Waals surface area contributed by atoms with Gasteiger partial charge < -0.3 is 9.88 Å². The lowest BCUT2D eigenvalue weighted by molar-refractivity contribution is 0.583. The van der Waals surface area contributed by atoms with Crippen LogP contribution < -0.4 is 5.32 Å². The molecule has 0 fully saturated rings. The van der Waals surface area contributed by atoms with Crippen LogP contribution in [0.4, 0.5) is 4.39 Å². The van der Waals surface area contributed by atoms with E-state index >= 15 is 0 Å². The summed E-state index contributed by atoms with van der Waals surface area (Å²) >= 11 is 0. The van der Waals surface area contributed by atoms with Crippen molar-refractivity contribution >= 4 is 0 Å². The zero-order valence-corrected chi connectivity index (χ0v) is 11.5. The summed E-state index contributed by atoms with van der Waals surface area (Å²) in [6, 6.07) is 5.19. The maximum absolute atomic E-state index is 14.0. The van der Waals surface area contributed by atoms with Crippen molar-refractivity contribution in [1.82, 2.24) is 14.9 Å². The molecule has 1 aromatic heterocycles. The number of hydrogen-bond acceptors (Lipinski definition) is 2. The third-order valence-corrected chi connectivity index (χ3v) is 3.12. The van der Waals surface area contributed by atoms with Gasteiger partial charge in [-0.15, -0.1) is 0 Å². The van der Waals surface area contributed by atoms with Crippen molar-refractivity contribution in [2.45, 2.75) is 33.2 Å². The molecule has 0 unspecified atom stereocenters. The highest BCUT2D eigenvalue weighted by Crippen LogP contribution is 2.19. The van der Waals surface area contributed by atoms with Crippen LogP contribution in [0.5, 0.6) is 0 Å². The van der Waals surface area contributed by atoms with Crippen LogP contribution in [0, 0.1) is 5.82 Å². The molecule has 1 N–H and O–H groups in total. The molecule has 0 saturated heterocycles. The summed E-state index contributed by atoms with van der Waals surface area (Å²) in [5, 5.41) is 3.26. The Balaban J connectivity index is 2.37. The Morgan fingerprint density at radius 3 is 2.89 bits per heavy atom. The molecule has 0 aliphatic heterocycles. The topological polar surface area (TPSA) is 29.9 Å². The lowest BCUT2D eigenvalue weighted by atomic mass is 10.1. The molecule has 1 aromatic carbocycles. The second-order valence-electron chi connectivity index (χ2n) is 4.48. The number of aryl methyl sites for hydroxylation is 1. The van der Waals surface area contributed by atoms with Crippen molar-refractivity contribution in [2.24, 2.45) is 0 Å². The molecule has 3 nitrogen and oxygen atoms in total. The fourth-order valence-electron chi connectivity index (χ4n) is 2.15. The summed E-state index contributed by atoms with van der Waals surface area (Å²) < 4.78 is 16.0. The van der Waals surface area contributed by atoms with Gasteiger partial charge in [0.1, 0.15) is 11.6 Å². The van der Waals surface area contributed by atoms with E-state index in [4.69, 9.17) is 0 Å². The fraction of sp³-hybridized carbons (Fsp3) is 0.400. The third kappa shape index (κ3) is 3.01. The van der Waals surface area contributed by atoms with Crippen LogP contribution in [0.25, 0.3) is 5.69 Å². The second kappa shape index (κ2) is 6.48. The number of nitrogens with one attached hydrogen (secondary N) is 1. The Morgan fingerprint density at radius 1 is 1.32 bits per heavy atom. The van der Waals surface area contributed by atoms with Gasteiger partial charge in [0, 0.05) is 30.9 Å². The minimum Gasteiger partial charge on any atom is -0.312 e. The second-order valence-corrected chi connectivity index (χ2v) is 4.48. The van der Waals surface area contributed by atoms with Crippen LogP contribution in [-0.2, 0) is 13.0 Å². The number of aromatic nitrogens is 2. The van der Waals surface area contributed by atoms with Crippen LogP contribution in [0.3, 0.4) is 0 Å². The van der Waals surface area contributed by atoms with Gasteiger partial charge in [0.25, 0.3) is 0 Å². The standard InChI is InChI=1S/C15H20FN3/c1-3-8-17-11-12-13(16)6-5-7-14(12)19-10-9-18-15(19)4-2/h5-7,9-10,17H,3-4,8,11H2,1-2H3. The minimum absolute atomic E-state index is 0.170. The van der Waals surface area contributed by atoms with Gasteiger partial charge in [-0.3, -0.25) is 0 Å². The normalized spacial score (nSPS) is 10.9. The molecule has 0 saturated carbocycles. The monoisotopic (exact) mass is 261 g/mol. The van der Waals surface area contributed by atoms with Crippen LogP contribution >= 0.6 is 0 Å². The molecule has 0 aliphatic rings. The van der Waals surface area contributed by atoms with E-state index in [9.17, 15) is 4.39 Å². The number of imidazole rings is 1. The Hall–Kier alpha value is -1.68. The Kier molecular flexibility index (Phi) is 4.68. The maximum Gasteiger partial charge on any atom is 0.129 e. The molecular formula is C15H20FN3. The van der Waals surface area contributed by atoms with Crippen LogP contribution in [-0.4, -0.2) is 16.1 Å². The van der Waals surface area contributed by atoms with Crippen molar-refractivity contribution in [3.05, 3.63) is 47.8 Å². The van der Waals surface area contributed by atoms with Crippen molar-refractivity contribution in [3.63, 3.8) is 0 Å². The largest absolute Gasteiger partial charge is 0.312 e. The molecule has 2 rings (SSSR count). The zero-order chi connectivity index (χ0) is 13.7. The number of nitrogens with zero attached hydrogens (tertiary/aromatic N) is 2.